The van der Waals surface area contributed by atoms with E-state index in [9.17, 15) is 9.59 Å². The topological polar surface area (TPSA) is 52.0 Å². The first-order valence-corrected chi connectivity index (χ1v) is 8.45. The van der Waals surface area contributed by atoms with Crippen molar-refractivity contribution < 1.29 is 9.59 Å². The van der Waals surface area contributed by atoms with Gasteiger partial charge in [-0.05, 0) is 30.7 Å². The molecule has 1 aliphatic rings. The van der Waals surface area contributed by atoms with Crippen molar-refractivity contribution in [1.82, 2.24) is 9.78 Å². The first-order chi connectivity index (χ1) is 9.61. The summed E-state index contributed by atoms with van der Waals surface area (Å²) in [4.78, 5) is 24.5. The average molecular weight is 306 g/mol. The molecular formula is C14H14N2O2S2. The highest BCUT2D eigenvalue weighted by Crippen LogP contribution is 2.43. The van der Waals surface area contributed by atoms with Gasteiger partial charge in [-0.15, -0.1) is 23.1 Å². The van der Waals surface area contributed by atoms with Crippen molar-refractivity contribution in [1.29, 1.82) is 0 Å². The summed E-state index contributed by atoms with van der Waals surface area (Å²) >= 11 is 3.22. The summed E-state index contributed by atoms with van der Waals surface area (Å²) in [5.41, 5.74) is 2.79. The summed E-state index contributed by atoms with van der Waals surface area (Å²) in [5, 5.41) is 4.32. The van der Waals surface area contributed by atoms with E-state index >= 15 is 0 Å². The van der Waals surface area contributed by atoms with Crippen molar-refractivity contribution in [2.45, 2.75) is 30.4 Å². The van der Waals surface area contributed by atoms with Crippen molar-refractivity contribution in [3.63, 3.8) is 0 Å². The minimum Gasteiger partial charge on any atom is -0.294 e. The summed E-state index contributed by atoms with van der Waals surface area (Å²) in [6.45, 7) is 1.48. The van der Waals surface area contributed by atoms with Crippen LogP contribution in [0.15, 0.2) is 16.5 Å². The number of hydrogen-bond acceptors (Lipinski definition) is 5. The Hall–Kier alpha value is -1.40. The highest BCUT2D eigenvalue weighted by Gasteiger charge is 2.27. The van der Waals surface area contributed by atoms with E-state index in [1.54, 1.807) is 29.3 Å². The quantitative estimate of drug-likeness (QED) is 0.797. The number of aromatic nitrogens is 2. The van der Waals surface area contributed by atoms with Gasteiger partial charge in [-0.25, -0.2) is 4.68 Å². The summed E-state index contributed by atoms with van der Waals surface area (Å²) in [5.74, 6) is 0.131. The van der Waals surface area contributed by atoms with Gasteiger partial charge in [-0.2, -0.15) is 5.10 Å². The molecule has 20 heavy (non-hydrogen) atoms. The van der Waals surface area contributed by atoms with Crippen molar-refractivity contribution in [2.75, 3.05) is 6.26 Å². The van der Waals surface area contributed by atoms with Gasteiger partial charge in [0.25, 0.3) is 0 Å². The smallest absolute Gasteiger partial charge is 0.243 e. The monoisotopic (exact) mass is 306 g/mol. The van der Waals surface area contributed by atoms with Gasteiger partial charge in [0.2, 0.25) is 5.91 Å². The van der Waals surface area contributed by atoms with Crippen LogP contribution in [0.4, 0.5) is 0 Å². The molecule has 0 fully saturated rings. The molecule has 0 N–H and O–H groups in total. The number of thioether (sulfide) groups is 1. The van der Waals surface area contributed by atoms with Crippen molar-refractivity contribution in [3.8, 4) is 10.6 Å². The lowest BCUT2D eigenvalue weighted by atomic mass is 9.92. The standard InChI is InChI=1S/C14H14N2O2S2/c1-8(17)16-7-6-10(15-16)13-9-4-3-5-11(18)12(9)14(19-2)20-13/h6-7H,3-5H2,1-2H3. The minimum absolute atomic E-state index is 0.108. The Morgan fingerprint density at radius 3 is 2.90 bits per heavy atom. The lowest BCUT2D eigenvalue weighted by molar-refractivity contribution is 0.0920. The second kappa shape index (κ2) is 5.18. The van der Waals surface area contributed by atoms with Crippen LogP contribution in [0, 0.1) is 0 Å². The van der Waals surface area contributed by atoms with Crippen LogP contribution in [0.1, 0.15) is 40.5 Å². The largest absolute Gasteiger partial charge is 0.294 e. The fourth-order valence-electron chi connectivity index (χ4n) is 2.48. The average Bonchev–Trinajstić information content (AvgIpc) is 3.03. The van der Waals surface area contributed by atoms with E-state index in [2.05, 4.69) is 5.10 Å². The molecule has 0 saturated heterocycles. The minimum atomic E-state index is -0.108. The third-order valence-corrected chi connectivity index (χ3v) is 5.79. The Bertz CT molecular complexity index is 700. The Morgan fingerprint density at radius 2 is 2.25 bits per heavy atom. The van der Waals surface area contributed by atoms with E-state index in [1.807, 2.05) is 12.3 Å². The van der Waals surface area contributed by atoms with Crippen LogP contribution < -0.4 is 0 Å². The van der Waals surface area contributed by atoms with Gasteiger partial charge in [0.05, 0.1) is 9.09 Å². The van der Waals surface area contributed by atoms with Crippen LogP contribution in [0.25, 0.3) is 10.6 Å². The maximum Gasteiger partial charge on any atom is 0.243 e. The Morgan fingerprint density at radius 1 is 1.45 bits per heavy atom. The molecule has 2 aromatic rings. The molecule has 104 valence electrons. The molecule has 0 saturated carbocycles. The fourth-order valence-corrected chi connectivity index (χ4v) is 4.57. The van der Waals surface area contributed by atoms with Crippen LogP contribution >= 0.6 is 23.1 Å². The lowest BCUT2D eigenvalue weighted by Crippen LogP contribution is -2.10. The van der Waals surface area contributed by atoms with Crippen LogP contribution in [0.2, 0.25) is 0 Å². The molecule has 0 bridgehead atoms. The van der Waals surface area contributed by atoms with Gasteiger partial charge >= 0.3 is 0 Å². The van der Waals surface area contributed by atoms with Crippen LogP contribution in [0.5, 0.6) is 0 Å². The van der Waals surface area contributed by atoms with E-state index in [0.29, 0.717) is 6.42 Å². The van der Waals surface area contributed by atoms with E-state index < -0.39 is 0 Å². The molecule has 2 aromatic heterocycles. The van der Waals surface area contributed by atoms with E-state index in [-0.39, 0.29) is 11.7 Å². The second-order valence-corrected chi connectivity index (χ2v) is 6.81. The normalized spacial score (nSPS) is 14.4. The van der Waals surface area contributed by atoms with E-state index in [1.165, 1.54) is 11.6 Å². The number of rotatable bonds is 2. The highest BCUT2D eigenvalue weighted by atomic mass is 32.2. The molecule has 0 spiro atoms. The van der Waals surface area contributed by atoms with Crippen LogP contribution in [0.3, 0.4) is 0 Å². The predicted molar refractivity (Wildman–Crippen MR) is 80.9 cm³/mol. The van der Waals surface area contributed by atoms with Gasteiger partial charge in [0.1, 0.15) is 5.69 Å². The Balaban J connectivity index is 2.14. The number of carbonyl (C=O) groups is 2. The maximum absolute atomic E-state index is 12.1. The zero-order chi connectivity index (χ0) is 14.3. The number of thiophene rings is 1. The zero-order valence-corrected chi connectivity index (χ0v) is 12.9. The number of nitrogens with zero attached hydrogens (tertiary/aromatic N) is 2. The zero-order valence-electron chi connectivity index (χ0n) is 11.3. The van der Waals surface area contributed by atoms with Crippen LogP contribution in [-0.2, 0) is 6.42 Å². The molecule has 0 atom stereocenters. The summed E-state index contributed by atoms with van der Waals surface area (Å²) in [6.07, 6.45) is 6.12. The van der Waals surface area contributed by atoms with Gasteiger partial charge in [-0.1, -0.05) is 0 Å². The van der Waals surface area contributed by atoms with Gasteiger partial charge in [-0.3, -0.25) is 9.59 Å². The predicted octanol–water partition coefficient (Wildman–Crippen LogP) is 3.51. The van der Waals surface area contributed by atoms with E-state index in [0.717, 1.165) is 38.7 Å². The summed E-state index contributed by atoms with van der Waals surface area (Å²) < 4.78 is 2.40. The molecule has 0 radical (unpaired) electrons. The molecule has 6 heteroatoms. The van der Waals surface area contributed by atoms with Gasteiger partial charge in [0, 0.05) is 25.1 Å². The second-order valence-electron chi connectivity index (χ2n) is 4.72. The van der Waals surface area contributed by atoms with Gasteiger partial charge in [0.15, 0.2) is 5.78 Å². The summed E-state index contributed by atoms with van der Waals surface area (Å²) in [6, 6.07) is 1.84. The molecule has 0 aliphatic heterocycles. The summed E-state index contributed by atoms with van der Waals surface area (Å²) in [7, 11) is 0. The number of ketones is 1. The Labute approximate surface area is 125 Å². The van der Waals surface area contributed by atoms with Crippen molar-refractivity contribution in [3.05, 3.63) is 23.4 Å². The maximum atomic E-state index is 12.1. The first-order valence-electron chi connectivity index (χ1n) is 6.41. The van der Waals surface area contributed by atoms with Gasteiger partial charge < -0.3 is 0 Å². The molecule has 0 aromatic carbocycles. The third kappa shape index (κ3) is 2.13. The number of hydrogen-bond donors (Lipinski definition) is 0. The molecule has 1 aliphatic carbocycles. The molecular weight excluding hydrogens is 292 g/mol. The molecule has 0 unspecified atom stereocenters. The van der Waals surface area contributed by atoms with Crippen molar-refractivity contribution in [2.24, 2.45) is 0 Å². The fraction of sp³-hybridized carbons (Fsp3) is 0.357. The van der Waals surface area contributed by atoms with Crippen LogP contribution in [-0.4, -0.2) is 27.7 Å². The van der Waals surface area contributed by atoms with E-state index in [4.69, 9.17) is 0 Å². The SMILES string of the molecule is CSc1sc(-c2ccn(C(C)=O)n2)c2c1C(=O)CCC2. The first kappa shape index (κ1) is 13.6. The lowest BCUT2D eigenvalue weighted by Gasteiger charge is -2.12. The Kier molecular flexibility index (Phi) is 3.52. The van der Waals surface area contributed by atoms with Crippen molar-refractivity contribution >= 4 is 34.8 Å². The molecule has 3 rings (SSSR count). The molecule has 2 heterocycles. The third-order valence-electron chi connectivity index (χ3n) is 3.41. The number of carbonyl (C=O) groups excluding carboxylic acids is 2. The highest BCUT2D eigenvalue weighted by molar-refractivity contribution is 8.00. The number of fused-ring (bicyclic) bond motifs is 1. The molecule has 4 nitrogen and oxygen atoms in total. The number of Topliss-reactive ketones (excluding diaryl/α,β-unsaturated/α-hetero) is 1. The molecule has 0 amide bonds.